The Kier molecular flexibility index (Phi) is 2.66. The lowest BCUT2D eigenvalue weighted by atomic mass is 10.1. The fourth-order valence-electron chi connectivity index (χ4n) is 2.58. The highest BCUT2D eigenvalue weighted by Crippen LogP contribution is 2.26. The van der Waals surface area contributed by atoms with E-state index in [-0.39, 0.29) is 5.82 Å². The Morgan fingerprint density at radius 3 is 2.77 bits per heavy atom. The molecule has 0 bridgehead atoms. The van der Waals surface area contributed by atoms with Crippen LogP contribution in [0.25, 0.3) is 28.2 Å². The third kappa shape index (κ3) is 1.77. The van der Waals surface area contributed by atoms with Crippen molar-refractivity contribution in [1.82, 2.24) is 24.6 Å². The minimum Gasteiger partial charge on any atom is -0.255 e. The Bertz CT molecular complexity index is 1020. The van der Waals surface area contributed by atoms with E-state index in [0.717, 1.165) is 16.8 Å². The highest BCUT2D eigenvalue weighted by atomic mass is 19.1. The molecule has 0 saturated heterocycles. The van der Waals surface area contributed by atoms with E-state index in [4.69, 9.17) is 0 Å². The summed E-state index contributed by atoms with van der Waals surface area (Å²) in [5.74, 6) is 0.101. The Labute approximate surface area is 125 Å². The molecular weight excluding hydrogens is 281 g/mol. The molecule has 1 aromatic carbocycles. The summed E-state index contributed by atoms with van der Waals surface area (Å²) in [6.07, 6.45) is 1.68. The quantitative estimate of drug-likeness (QED) is 0.541. The molecule has 0 aliphatic carbocycles. The van der Waals surface area contributed by atoms with E-state index in [1.807, 2.05) is 26.0 Å². The van der Waals surface area contributed by atoms with Gasteiger partial charge in [-0.3, -0.25) is 4.40 Å². The smallest absolute Gasteiger partial charge is 0.184 e. The Morgan fingerprint density at radius 2 is 1.91 bits per heavy atom. The van der Waals surface area contributed by atoms with Crippen LogP contribution in [0.2, 0.25) is 0 Å². The molecule has 0 amide bonds. The molecule has 3 heterocycles. The van der Waals surface area contributed by atoms with Gasteiger partial charge in [0.1, 0.15) is 11.3 Å². The van der Waals surface area contributed by atoms with Gasteiger partial charge < -0.3 is 0 Å². The van der Waals surface area contributed by atoms with E-state index in [1.54, 1.807) is 22.7 Å². The van der Waals surface area contributed by atoms with Crippen LogP contribution in [0.3, 0.4) is 0 Å². The van der Waals surface area contributed by atoms with Gasteiger partial charge in [0.15, 0.2) is 17.1 Å². The van der Waals surface area contributed by atoms with Gasteiger partial charge in [-0.25, -0.2) is 14.4 Å². The SMILES string of the molecule is Cc1ccc(F)c(-c2nnc3c(C)nc4cccnc4n23)c1. The van der Waals surface area contributed by atoms with Crippen molar-refractivity contribution < 1.29 is 4.39 Å². The average molecular weight is 293 g/mol. The average Bonchev–Trinajstić information content (AvgIpc) is 2.95. The lowest BCUT2D eigenvalue weighted by Crippen LogP contribution is -2.00. The van der Waals surface area contributed by atoms with Crippen LogP contribution in [0.1, 0.15) is 11.3 Å². The maximum Gasteiger partial charge on any atom is 0.184 e. The fraction of sp³-hybridized carbons (Fsp3) is 0.125. The Hall–Kier alpha value is -2.89. The molecule has 3 aromatic heterocycles. The van der Waals surface area contributed by atoms with E-state index >= 15 is 0 Å². The van der Waals surface area contributed by atoms with Crippen LogP contribution in [0.5, 0.6) is 0 Å². The maximum atomic E-state index is 14.2. The molecule has 0 N–H and O–H groups in total. The van der Waals surface area contributed by atoms with Crippen molar-refractivity contribution in [3.63, 3.8) is 0 Å². The minimum absolute atomic E-state index is 0.335. The van der Waals surface area contributed by atoms with Gasteiger partial charge in [0.25, 0.3) is 0 Å². The molecule has 0 aliphatic heterocycles. The summed E-state index contributed by atoms with van der Waals surface area (Å²) in [5, 5.41) is 8.33. The van der Waals surface area contributed by atoms with Gasteiger partial charge >= 0.3 is 0 Å². The zero-order valence-electron chi connectivity index (χ0n) is 12.1. The Morgan fingerprint density at radius 1 is 1.05 bits per heavy atom. The molecule has 4 rings (SSSR count). The van der Waals surface area contributed by atoms with E-state index < -0.39 is 0 Å². The molecule has 0 atom stereocenters. The molecule has 0 radical (unpaired) electrons. The molecule has 22 heavy (non-hydrogen) atoms. The van der Waals surface area contributed by atoms with Crippen molar-refractivity contribution >= 4 is 16.8 Å². The number of benzene rings is 1. The van der Waals surface area contributed by atoms with Crippen LogP contribution in [0, 0.1) is 19.7 Å². The molecule has 0 fully saturated rings. The van der Waals surface area contributed by atoms with E-state index in [1.165, 1.54) is 6.07 Å². The molecule has 0 saturated carbocycles. The van der Waals surface area contributed by atoms with Gasteiger partial charge in [-0.15, -0.1) is 10.2 Å². The normalized spacial score (nSPS) is 11.4. The number of pyridine rings is 1. The van der Waals surface area contributed by atoms with Gasteiger partial charge in [-0.05, 0) is 38.1 Å². The van der Waals surface area contributed by atoms with Crippen molar-refractivity contribution in [2.24, 2.45) is 0 Å². The molecule has 4 aromatic rings. The summed E-state index contributed by atoms with van der Waals surface area (Å²) in [7, 11) is 0. The highest BCUT2D eigenvalue weighted by molar-refractivity contribution is 5.77. The second-order valence-corrected chi connectivity index (χ2v) is 5.21. The molecular formula is C16H12FN5. The first-order valence-electron chi connectivity index (χ1n) is 6.88. The molecule has 5 nitrogen and oxygen atoms in total. The fourth-order valence-corrected chi connectivity index (χ4v) is 2.58. The summed E-state index contributed by atoms with van der Waals surface area (Å²) < 4.78 is 16.0. The van der Waals surface area contributed by atoms with E-state index in [9.17, 15) is 4.39 Å². The molecule has 108 valence electrons. The lowest BCUT2D eigenvalue weighted by molar-refractivity contribution is 0.629. The summed E-state index contributed by atoms with van der Waals surface area (Å²) in [5.41, 5.74) is 4.02. The van der Waals surface area contributed by atoms with Crippen LogP contribution in [-0.4, -0.2) is 24.6 Å². The summed E-state index contributed by atoms with van der Waals surface area (Å²) in [6, 6.07) is 8.61. The molecule has 6 heteroatoms. The van der Waals surface area contributed by atoms with E-state index in [2.05, 4.69) is 20.2 Å². The number of halogens is 1. The maximum absolute atomic E-state index is 14.2. The number of aromatic nitrogens is 5. The van der Waals surface area contributed by atoms with Crippen molar-refractivity contribution in [3.8, 4) is 11.4 Å². The van der Waals surface area contributed by atoms with Crippen molar-refractivity contribution in [1.29, 1.82) is 0 Å². The zero-order valence-corrected chi connectivity index (χ0v) is 12.1. The first-order chi connectivity index (χ1) is 10.6. The first kappa shape index (κ1) is 12.8. The van der Waals surface area contributed by atoms with Gasteiger partial charge in [-0.1, -0.05) is 11.6 Å². The van der Waals surface area contributed by atoms with Crippen LogP contribution >= 0.6 is 0 Å². The zero-order chi connectivity index (χ0) is 15.3. The number of rotatable bonds is 1. The molecule has 0 aliphatic rings. The number of nitrogens with zero attached hydrogens (tertiary/aromatic N) is 5. The number of hydrogen-bond acceptors (Lipinski definition) is 4. The van der Waals surface area contributed by atoms with Crippen LogP contribution < -0.4 is 0 Å². The second kappa shape index (κ2) is 4.56. The largest absolute Gasteiger partial charge is 0.255 e. The highest BCUT2D eigenvalue weighted by Gasteiger charge is 2.17. The Balaban J connectivity index is 2.18. The molecule has 0 unspecified atom stereocenters. The lowest BCUT2D eigenvalue weighted by Gasteiger charge is -2.06. The van der Waals surface area contributed by atoms with Crippen molar-refractivity contribution in [2.75, 3.05) is 0 Å². The summed E-state index contributed by atoms with van der Waals surface area (Å²) >= 11 is 0. The monoisotopic (exact) mass is 293 g/mol. The van der Waals surface area contributed by atoms with Crippen LogP contribution in [0.4, 0.5) is 4.39 Å². The summed E-state index contributed by atoms with van der Waals surface area (Å²) in [6.45, 7) is 3.77. The number of aryl methyl sites for hydroxylation is 2. The van der Waals surface area contributed by atoms with Crippen LogP contribution in [-0.2, 0) is 0 Å². The van der Waals surface area contributed by atoms with E-state index in [0.29, 0.717) is 22.7 Å². The standard InChI is InChI=1S/C16H12FN5/c1-9-5-6-12(17)11(8-9)15-21-20-14-10(2)19-13-4-3-7-18-16(13)22(14)15/h3-8H,1-2H3. The van der Waals surface area contributed by atoms with Crippen LogP contribution in [0.15, 0.2) is 36.5 Å². The topological polar surface area (TPSA) is 56.0 Å². The first-order valence-corrected chi connectivity index (χ1v) is 6.88. The van der Waals surface area contributed by atoms with Crippen molar-refractivity contribution in [3.05, 3.63) is 53.6 Å². The van der Waals surface area contributed by atoms with Gasteiger partial charge in [0.05, 0.1) is 11.3 Å². The predicted octanol–water partition coefficient (Wildman–Crippen LogP) is 3.10. The number of fused-ring (bicyclic) bond motifs is 3. The summed E-state index contributed by atoms with van der Waals surface area (Å²) in [4.78, 5) is 8.83. The second-order valence-electron chi connectivity index (χ2n) is 5.21. The number of hydrogen-bond donors (Lipinski definition) is 0. The minimum atomic E-state index is -0.335. The predicted molar refractivity (Wildman–Crippen MR) is 81.0 cm³/mol. The van der Waals surface area contributed by atoms with Gasteiger partial charge in [0.2, 0.25) is 0 Å². The third-order valence-electron chi connectivity index (χ3n) is 3.62. The van der Waals surface area contributed by atoms with Gasteiger partial charge in [0, 0.05) is 6.20 Å². The van der Waals surface area contributed by atoms with Crippen molar-refractivity contribution in [2.45, 2.75) is 13.8 Å². The molecule has 0 spiro atoms. The van der Waals surface area contributed by atoms with Gasteiger partial charge in [-0.2, -0.15) is 0 Å². The third-order valence-corrected chi connectivity index (χ3v) is 3.62.